The van der Waals surface area contributed by atoms with Gasteiger partial charge in [-0.15, -0.1) is 6.42 Å². The van der Waals surface area contributed by atoms with Gasteiger partial charge in [-0.2, -0.15) is 0 Å². The van der Waals surface area contributed by atoms with Gasteiger partial charge in [-0.05, 0) is 41.2 Å². The molecule has 0 bridgehead atoms. The Bertz CT molecular complexity index is 1280. The number of rotatable bonds is 23. The molecule has 0 aliphatic heterocycles. The van der Waals surface area contributed by atoms with Gasteiger partial charge in [0.05, 0.1) is 32.0 Å². The average Bonchev–Trinajstić information content (AvgIpc) is 3.08. The molecule has 0 aliphatic carbocycles. The third-order valence-electron chi connectivity index (χ3n) is 9.59. The lowest BCUT2D eigenvalue weighted by molar-refractivity contribution is -0.122. The van der Waals surface area contributed by atoms with Gasteiger partial charge in [-0.3, -0.25) is 0 Å². The highest BCUT2D eigenvalue weighted by atomic mass is 28.4. The van der Waals surface area contributed by atoms with Gasteiger partial charge in [0.25, 0.3) is 0 Å². The predicted molar refractivity (Wildman–Crippen MR) is 203 cm³/mol. The van der Waals surface area contributed by atoms with Crippen LogP contribution in [0.5, 0.6) is 0 Å². The average molecular weight is 671 g/mol. The second-order valence-corrected chi connectivity index (χ2v) is 19.4. The van der Waals surface area contributed by atoms with Crippen LogP contribution in [-0.4, -0.2) is 32.7 Å². The Morgan fingerprint density at radius 1 is 0.646 bits per heavy atom. The molecule has 0 radical (unpaired) electrons. The van der Waals surface area contributed by atoms with Crippen molar-refractivity contribution in [3.63, 3.8) is 0 Å². The summed E-state index contributed by atoms with van der Waals surface area (Å²) in [7, 11) is -2.25. The van der Waals surface area contributed by atoms with Crippen LogP contribution in [0, 0.1) is 12.3 Å². The van der Waals surface area contributed by atoms with E-state index in [2.05, 4.69) is 95.2 Å². The van der Waals surface area contributed by atoms with E-state index >= 15 is 0 Å². The summed E-state index contributed by atoms with van der Waals surface area (Å²) in [6.07, 6.45) is 15.3. The third kappa shape index (κ3) is 14.4. The summed E-state index contributed by atoms with van der Waals surface area (Å²) in [5.74, 6) is 2.97. The third-order valence-corrected chi connectivity index (χ3v) is 14.1. The lowest BCUT2D eigenvalue weighted by atomic mass is 9.98. The van der Waals surface area contributed by atoms with Crippen LogP contribution in [0.4, 0.5) is 0 Å². The quantitative estimate of drug-likeness (QED) is 0.0571. The van der Waals surface area contributed by atoms with E-state index in [9.17, 15) is 0 Å². The molecule has 0 saturated carbocycles. The Labute approximate surface area is 294 Å². The highest BCUT2D eigenvalue weighted by Crippen LogP contribution is 2.39. The number of terminal acetylenes is 1. The second-order valence-electron chi connectivity index (χ2n) is 14.6. The van der Waals surface area contributed by atoms with Crippen molar-refractivity contribution in [3.05, 3.63) is 108 Å². The van der Waals surface area contributed by atoms with E-state index in [1.54, 1.807) is 0 Å². The highest BCUT2D eigenvalue weighted by molar-refractivity contribution is 6.74. The van der Waals surface area contributed by atoms with Gasteiger partial charge in [0.15, 0.2) is 8.32 Å². The molecule has 262 valence electrons. The molecule has 0 unspecified atom stereocenters. The van der Waals surface area contributed by atoms with Crippen molar-refractivity contribution in [1.29, 1.82) is 0 Å². The summed E-state index contributed by atoms with van der Waals surface area (Å²) in [5.41, 5.74) is 3.34. The van der Waals surface area contributed by atoms with E-state index in [1.165, 1.54) is 44.1 Å². The first-order chi connectivity index (χ1) is 23.1. The van der Waals surface area contributed by atoms with Gasteiger partial charge in [0.1, 0.15) is 12.2 Å². The van der Waals surface area contributed by atoms with E-state index in [1.807, 2.05) is 42.5 Å². The van der Waals surface area contributed by atoms with Crippen molar-refractivity contribution in [2.24, 2.45) is 0 Å². The van der Waals surface area contributed by atoms with Gasteiger partial charge >= 0.3 is 0 Å². The van der Waals surface area contributed by atoms with E-state index in [4.69, 9.17) is 25.1 Å². The summed E-state index contributed by atoms with van der Waals surface area (Å²) in [4.78, 5) is 0. The lowest BCUT2D eigenvalue weighted by Crippen LogP contribution is -2.52. The van der Waals surface area contributed by atoms with Crippen molar-refractivity contribution in [3.8, 4) is 12.3 Å². The summed E-state index contributed by atoms with van der Waals surface area (Å²) >= 11 is 0. The fourth-order valence-corrected chi connectivity index (χ4v) is 6.95. The van der Waals surface area contributed by atoms with Gasteiger partial charge in [-0.25, -0.2) is 0 Å². The highest BCUT2D eigenvalue weighted by Gasteiger charge is 2.43. The Morgan fingerprint density at radius 3 is 1.58 bits per heavy atom. The van der Waals surface area contributed by atoms with Gasteiger partial charge in [-0.1, -0.05) is 170 Å². The molecule has 0 N–H and O–H groups in total. The molecule has 0 aromatic heterocycles. The molecule has 0 fully saturated rings. The Kier molecular flexibility index (Phi) is 17.7. The van der Waals surface area contributed by atoms with E-state index in [0.29, 0.717) is 26.2 Å². The van der Waals surface area contributed by atoms with Crippen LogP contribution in [0.1, 0.15) is 102 Å². The molecule has 4 atom stereocenters. The maximum Gasteiger partial charge on any atom is 0.192 e. The molecule has 0 aliphatic rings. The lowest BCUT2D eigenvalue weighted by Gasteiger charge is -2.43. The summed E-state index contributed by atoms with van der Waals surface area (Å²) in [6.45, 7) is 15.1. The van der Waals surface area contributed by atoms with Crippen LogP contribution in [0.25, 0.3) is 0 Å². The van der Waals surface area contributed by atoms with E-state index in [-0.39, 0.29) is 17.2 Å². The molecular weight excluding hydrogens is 609 g/mol. The molecule has 0 amide bonds. The van der Waals surface area contributed by atoms with Gasteiger partial charge in [0.2, 0.25) is 0 Å². The second kappa shape index (κ2) is 21.4. The summed E-state index contributed by atoms with van der Waals surface area (Å²) in [5, 5.41) is 0.00461. The van der Waals surface area contributed by atoms with Gasteiger partial charge in [0, 0.05) is 6.42 Å². The number of benzene rings is 3. The van der Waals surface area contributed by atoms with Crippen molar-refractivity contribution in [2.45, 2.75) is 148 Å². The minimum Gasteiger partial charge on any atom is -0.411 e. The van der Waals surface area contributed by atoms with Crippen LogP contribution >= 0.6 is 0 Å². The van der Waals surface area contributed by atoms with E-state index < -0.39 is 20.5 Å². The van der Waals surface area contributed by atoms with Crippen molar-refractivity contribution < 1.29 is 18.6 Å². The van der Waals surface area contributed by atoms with Crippen molar-refractivity contribution >= 4 is 8.32 Å². The smallest absolute Gasteiger partial charge is 0.192 e. The SMILES string of the molecule is C#C[C@H](OCc1ccccc1)[C@H](OCc1ccccc1)[C@@H](C[C@@H](CCCCCCCCC)OCc1ccccc1)O[Si](C)(C)C(C)(C)C. The van der Waals surface area contributed by atoms with Crippen LogP contribution in [-0.2, 0) is 38.5 Å². The zero-order chi connectivity index (χ0) is 34.7. The number of unbranched alkanes of at least 4 members (excludes halogenated alkanes) is 6. The maximum absolute atomic E-state index is 7.30. The van der Waals surface area contributed by atoms with E-state index in [0.717, 1.165) is 24.0 Å². The number of hydrogen-bond donors (Lipinski definition) is 0. The minimum absolute atomic E-state index is 0.00461. The van der Waals surface area contributed by atoms with Crippen molar-refractivity contribution in [1.82, 2.24) is 0 Å². The molecule has 4 nitrogen and oxygen atoms in total. The van der Waals surface area contributed by atoms with Crippen LogP contribution < -0.4 is 0 Å². The number of ether oxygens (including phenoxy) is 3. The molecule has 0 heterocycles. The molecule has 0 saturated heterocycles. The topological polar surface area (TPSA) is 36.9 Å². The summed E-state index contributed by atoms with van der Waals surface area (Å²) < 4.78 is 27.4. The molecular formula is C43H62O4Si. The first kappa shape index (κ1) is 39.7. The normalized spacial score (nSPS) is 14.6. The largest absolute Gasteiger partial charge is 0.411 e. The van der Waals surface area contributed by atoms with Gasteiger partial charge < -0.3 is 18.6 Å². The zero-order valence-electron chi connectivity index (χ0n) is 30.7. The maximum atomic E-state index is 7.30. The minimum atomic E-state index is -2.25. The fourth-order valence-electron chi connectivity index (χ4n) is 5.60. The zero-order valence-corrected chi connectivity index (χ0v) is 31.7. The number of hydrogen-bond acceptors (Lipinski definition) is 4. The van der Waals surface area contributed by atoms with Crippen LogP contribution in [0.2, 0.25) is 18.1 Å². The Hall–Kier alpha value is -2.72. The first-order valence-corrected chi connectivity index (χ1v) is 21.1. The molecule has 3 rings (SSSR count). The van der Waals surface area contributed by atoms with Crippen molar-refractivity contribution in [2.75, 3.05) is 0 Å². The van der Waals surface area contributed by atoms with Crippen LogP contribution in [0.15, 0.2) is 91.0 Å². The molecule has 0 spiro atoms. The predicted octanol–water partition coefficient (Wildman–Crippen LogP) is 11.3. The Morgan fingerprint density at radius 2 is 1.10 bits per heavy atom. The molecule has 3 aromatic rings. The standard InChI is InChI=1S/C43H62O4Si/c1-8-10-11-12-13-14-24-31-39(44-33-36-25-18-15-19-26-36)32-41(47-48(6,7)43(3,4)5)42(46-35-38-29-22-17-23-30-38)40(9-2)45-34-37-27-20-16-21-28-37/h2,15-23,25-30,39-42H,8,10-14,24,31-35H2,1,3-7H3/t39-,40+,41-,42+/m1/s1. The molecule has 3 aromatic carbocycles. The summed E-state index contributed by atoms with van der Waals surface area (Å²) in [6, 6.07) is 30.9. The fraction of sp³-hybridized carbons (Fsp3) is 0.535. The molecule has 5 heteroatoms. The monoisotopic (exact) mass is 670 g/mol. The first-order valence-electron chi connectivity index (χ1n) is 18.2. The Balaban J connectivity index is 1.91. The molecule has 48 heavy (non-hydrogen) atoms. The van der Waals surface area contributed by atoms with Crippen LogP contribution in [0.3, 0.4) is 0 Å².